The molecule has 74 valence electrons. The summed E-state index contributed by atoms with van der Waals surface area (Å²) in [5.41, 5.74) is 1.07. The van der Waals surface area contributed by atoms with E-state index in [1.54, 1.807) is 0 Å². The number of benzene rings is 1. The maximum Gasteiger partial charge on any atom is 0.207 e. The zero-order chi connectivity index (χ0) is 9.97. The van der Waals surface area contributed by atoms with Gasteiger partial charge in [-0.1, -0.05) is 25.1 Å². The van der Waals surface area contributed by atoms with E-state index in [4.69, 9.17) is 4.74 Å². The Balaban J connectivity index is 2.35. The molecule has 2 atom stereocenters. The summed E-state index contributed by atoms with van der Waals surface area (Å²) in [7, 11) is 0. The van der Waals surface area contributed by atoms with Crippen LogP contribution in [0.2, 0.25) is 0 Å². The van der Waals surface area contributed by atoms with Crippen molar-refractivity contribution >= 4 is 6.41 Å². The van der Waals surface area contributed by atoms with E-state index in [1.165, 1.54) is 0 Å². The predicted molar refractivity (Wildman–Crippen MR) is 53.0 cm³/mol. The summed E-state index contributed by atoms with van der Waals surface area (Å²) in [5.74, 6) is 1.19. The van der Waals surface area contributed by atoms with Gasteiger partial charge < -0.3 is 10.1 Å². The largest absolute Gasteiger partial charge is 0.493 e. The Labute approximate surface area is 83.1 Å². The maximum absolute atomic E-state index is 10.5. The summed E-state index contributed by atoms with van der Waals surface area (Å²) in [6.45, 7) is 2.72. The quantitative estimate of drug-likeness (QED) is 0.719. The molecule has 1 aromatic rings. The minimum absolute atomic E-state index is 0.0810. The highest BCUT2D eigenvalue weighted by atomic mass is 16.5. The summed E-state index contributed by atoms with van der Waals surface area (Å²) in [6.07, 6.45) is 0.753. The van der Waals surface area contributed by atoms with Gasteiger partial charge in [0.25, 0.3) is 0 Å². The first kappa shape index (κ1) is 9.06. The number of hydrogen-bond donors (Lipinski definition) is 1. The highest BCUT2D eigenvalue weighted by Gasteiger charge is 2.26. The Bertz CT molecular complexity index is 338. The van der Waals surface area contributed by atoms with Crippen LogP contribution in [0.3, 0.4) is 0 Å². The SMILES string of the molecule is CC1COc2ccccc2C1NC=O. The van der Waals surface area contributed by atoms with Crippen LogP contribution in [0, 0.1) is 5.92 Å². The molecule has 0 aliphatic carbocycles. The van der Waals surface area contributed by atoms with Crippen LogP contribution in [0.5, 0.6) is 5.75 Å². The Hall–Kier alpha value is -1.51. The van der Waals surface area contributed by atoms with Crippen molar-refractivity contribution < 1.29 is 9.53 Å². The third-order valence-electron chi connectivity index (χ3n) is 2.57. The fourth-order valence-corrected chi connectivity index (χ4v) is 1.82. The van der Waals surface area contributed by atoms with Gasteiger partial charge in [-0.2, -0.15) is 0 Å². The number of amides is 1. The number of ether oxygens (including phenoxy) is 1. The molecule has 1 aliphatic heterocycles. The molecule has 3 heteroatoms. The van der Waals surface area contributed by atoms with Crippen molar-refractivity contribution in [2.45, 2.75) is 13.0 Å². The first-order valence-electron chi connectivity index (χ1n) is 4.74. The van der Waals surface area contributed by atoms with Crippen molar-refractivity contribution in [3.8, 4) is 5.75 Å². The van der Waals surface area contributed by atoms with E-state index in [0.29, 0.717) is 12.5 Å². The minimum atomic E-state index is 0.0810. The summed E-state index contributed by atoms with van der Waals surface area (Å²) < 4.78 is 5.56. The van der Waals surface area contributed by atoms with Crippen molar-refractivity contribution in [1.29, 1.82) is 0 Å². The number of fused-ring (bicyclic) bond motifs is 1. The topological polar surface area (TPSA) is 38.3 Å². The highest BCUT2D eigenvalue weighted by molar-refractivity contribution is 5.50. The van der Waals surface area contributed by atoms with Gasteiger partial charge in [-0.25, -0.2) is 0 Å². The smallest absolute Gasteiger partial charge is 0.207 e. The van der Waals surface area contributed by atoms with E-state index in [-0.39, 0.29) is 6.04 Å². The van der Waals surface area contributed by atoms with Gasteiger partial charge >= 0.3 is 0 Å². The fourth-order valence-electron chi connectivity index (χ4n) is 1.82. The third-order valence-corrected chi connectivity index (χ3v) is 2.57. The molecular formula is C11H13NO2. The second-order valence-corrected chi connectivity index (χ2v) is 3.59. The molecular weight excluding hydrogens is 178 g/mol. The van der Waals surface area contributed by atoms with Crippen LogP contribution in [0.15, 0.2) is 24.3 Å². The molecule has 0 aromatic heterocycles. The Morgan fingerprint density at radius 1 is 1.50 bits per heavy atom. The van der Waals surface area contributed by atoms with Gasteiger partial charge in [0.15, 0.2) is 0 Å². The van der Waals surface area contributed by atoms with Crippen molar-refractivity contribution in [3.05, 3.63) is 29.8 Å². The lowest BCUT2D eigenvalue weighted by molar-refractivity contribution is -0.110. The van der Waals surface area contributed by atoms with Crippen molar-refractivity contribution in [2.75, 3.05) is 6.61 Å². The van der Waals surface area contributed by atoms with Gasteiger partial charge in [-0.3, -0.25) is 4.79 Å². The molecule has 1 aliphatic rings. The number of carbonyl (C=O) groups is 1. The number of carbonyl (C=O) groups excluding carboxylic acids is 1. The van der Waals surface area contributed by atoms with Crippen molar-refractivity contribution in [3.63, 3.8) is 0 Å². The van der Waals surface area contributed by atoms with E-state index in [9.17, 15) is 4.79 Å². The lowest BCUT2D eigenvalue weighted by Gasteiger charge is -2.30. The van der Waals surface area contributed by atoms with Crippen LogP contribution in [0.4, 0.5) is 0 Å². The lowest BCUT2D eigenvalue weighted by Crippen LogP contribution is -2.33. The molecule has 0 spiro atoms. The maximum atomic E-state index is 10.5. The zero-order valence-corrected chi connectivity index (χ0v) is 8.07. The zero-order valence-electron chi connectivity index (χ0n) is 8.07. The highest BCUT2D eigenvalue weighted by Crippen LogP contribution is 2.34. The van der Waals surface area contributed by atoms with Crippen LogP contribution in [-0.4, -0.2) is 13.0 Å². The number of hydrogen-bond acceptors (Lipinski definition) is 2. The molecule has 0 radical (unpaired) electrons. The number of rotatable bonds is 2. The Kier molecular flexibility index (Phi) is 2.39. The standard InChI is InChI=1S/C11H13NO2/c1-8-6-14-10-5-3-2-4-9(10)11(8)12-7-13/h2-5,7-8,11H,6H2,1H3,(H,12,13). The van der Waals surface area contributed by atoms with Crippen LogP contribution in [0.1, 0.15) is 18.5 Å². The molecule has 1 amide bonds. The monoisotopic (exact) mass is 191 g/mol. The molecule has 14 heavy (non-hydrogen) atoms. The van der Waals surface area contributed by atoms with E-state index in [1.807, 2.05) is 24.3 Å². The van der Waals surface area contributed by atoms with Crippen LogP contribution < -0.4 is 10.1 Å². The normalized spacial score (nSPS) is 24.6. The van der Waals surface area contributed by atoms with Crippen molar-refractivity contribution in [1.82, 2.24) is 5.32 Å². The van der Waals surface area contributed by atoms with Crippen LogP contribution >= 0.6 is 0 Å². The second-order valence-electron chi connectivity index (χ2n) is 3.59. The Morgan fingerprint density at radius 2 is 2.29 bits per heavy atom. The molecule has 1 N–H and O–H groups in total. The summed E-state index contributed by atoms with van der Waals surface area (Å²) in [6, 6.07) is 7.90. The van der Waals surface area contributed by atoms with Crippen molar-refractivity contribution in [2.24, 2.45) is 5.92 Å². The molecule has 3 nitrogen and oxygen atoms in total. The minimum Gasteiger partial charge on any atom is -0.493 e. The number of para-hydroxylation sites is 1. The molecule has 0 bridgehead atoms. The molecule has 1 heterocycles. The summed E-state index contributed by atoms with van der Waals surface area (Å²) in [4.78, 5) is 10.5. The molecule has 1 aromatic carbocycles. The molecule has 0 saturated heterocycles. The van der Waals surface area contributed by atoms with Crippen LogP contribution in [-0.2, 0) is 4.79 Å². The van der Waals surface area contributed by atoms with E-state index in [0.717, 1.165) is 17.7 Å². The third kappa shape index (κ3) is 1.45. The predicted octanol–water partition coefficient (Wildman–Crippen LogP) is 1.50. The van der Waals surface area contributed by atoms with Gasteiger partial charge in [0.1, 0.15) is 5.75 Å². The fraction of sp³-hybridized carbons (Fsp3) is 0.364. The van der Waals surface area contributed by atoms with E-state index < -0.39 is 0 Å². The molecule has 0 saturated carbocycles. The summed E-state index contributed by atoms with van der Waals surface area (Å²) in [5, 5.41) is 2.83. The lowest BCUT2D eigenvalue weighted by atomic mass is 9.92. The van der Waals surface area contributed by atoms with Gasteiger partial charge in [0, 0.05) is 11.5 Å². The van der Waals surface area contributed by atoms with E-state index >= 15 is 0 Å². The average molecular weight is 191 g/mol. The van der Waals surface area contributed by atoms with Gasteiger partial charge in [-0.05, 0) is 6.07 Å². The van der Waals surface area contributed by atoms with Crippen LogP contribution in [0.25, 0.3) is 0 Å². The first-order valence-corrected chi connectivity index (χ1v) is 4.74. The average Bonchev–Trinajstić information content (AvgIpc) is 2.23. The van der Waals surface area contributed by atoms with Gasteiger partial charge in [0.05, 0.1) is 12.6 Å². The van der Waals surface area contributed by atoms with Gasteiger partial charge in [0.2, 0.25) is 6.41 Å². The Morgan fingerprint density at radius 3 is 3.07 bits per heavy atom. The van der Waals surface area contributed by atoms with E-state index in [2.05, 4.69) is 12.2 Å². The molecule has 2 rings (SSSR count). The molecule has 0 fully saturated rings. The summed E-state index contributed by atoms with van der Waals surface area (Å²) >= 11 is 0. The van der Waals surface area contributed by atoms with Gasteiger partial charge in [-0.15, -0.1) is 0 Å². The number of nitrogens with one attached hydrogen (secondary N) is 1. The molecule has 2 unspecified atom stereocenters. The first-order chi connectivity index (χ1) is 6.83. The second kappa shape index (κ2) is 3.70.